The molecule has 0 bridgehead atoms. The molecule has 1 aliphatic heterocycles. The van der Waals surface area contributed by atoms with E-state index in [1.807, 2.05) is 29.2 Å². The summed E-state index contributed by atoms with van der Waals surface area (Å²) in [5, 5.41) is 0. The smallest absolute Gasteiger partial charge is 0.253 e. The first-order valence-corrected chi connectivity index (χ1v) is 10.0. The summed E-state index contributed by atoms with van der Waals surface area (Å²) >= 11 is 0. The number of ether oxygens (including phenoxy) is 1. The minimum absolute atomic E-state index is 0.00766. The Bertz CT molecular complexity index is 821. The molecule has 0 saturated carbocycles. The first kappa shape index (κ1) is 20.8. The van der Waals surface area contributed by atoms with Crippen LogP contribution in [0.25, 0.3) is 0 Å². The average molecular weight is 396 g/mol. The van der Waals surface area contributed by atoms with Crippen molar-refractivity contribution in [3.63, 3.8) is 0 Å². The third kappa shape index (κ3) is 6.04. The summed E-state index contributed by atoms with van der Waals surface area (Å²) in [7, 11) is 0. The summed E-state index contributed by atoms with van der Waals surface area (Å²) in [6.07, 6.45) is 3.76. The molecule has 0 atom stereocenters. The third-order valence-electron chi connectivity index (χ3n) is 4.77. The van der Waals surface area contributed by atoms with Gasteiger partial charge in [-0.3, -0.25) is 14.6 Å². The van der Waals surface area contributed by atoms with E-state index in [1.165, 1.54) is 0 Å². The zero-order valence-corrected chi connectivity index (χ0v) is 17.4. The van der Waals surface area contributed by atoms with Gasteiger partial charge in [-0.15, -0.1) is 0 Å². The molecular weight excluding hydrogens is 366 g/mol. The number of hydrogen-bond donors (Lipinski definition) is 0. The Hall–Kier alpha value is -2.89. The van der Waals surface area contributed by atoms with Crippen LogP contribution in [0.2, 0.25) is 0 Å². The van der Waals surface area contributed by atoms with Crippen LogP contribution in [0.5, 0.6) is 5.75 Å². The summed E-state index contributed by atoms with van der Waals surface area (Å²) in [5.74, 6) is 0.833. The molecule has 1 aliphatic rings. The van der Waals surface area contributed by atoms with E-state index in [4.69, 9.17) is 4.74 Å². The van der Waals surface area contributed by atoms with Crippen LogP contribution in [0.4, 0.5) is 0 Å². The van der Waals surface area contributed by atoms with E-state index < -0.39 is 0 Å². The highest BCUT2D eigenvalue weighted by atomic mass is 16.5. The third-order valence-corrected chi connectivity index (χ3v) is 4.77. The Labute approximate surface area is 172 Å². The number of amides is 2. The molecule has 1 fully saturated rings. The van der Waals surface area contributed by atoms with Crippen molar-refractivity contribution < 1.29 is 14.3 Å². The van der Waals surface area contributed by atoms with Crippen LogP contribution >= 0.6 is 0 Å². The highest BCUT2D eigenvalue weighted by Crippen LogP contribution is 2.19. The van der Waals surface area contributed by atoms with Crippen LogP contribution in [0.3, 0.4) is 0 Å². The maximum atomic E-state index is 12.8. The molecule has 0 N–H and O–H groups in total. The number of carbonyl (C=O) groups excluding carboxylic acids is 2. The second-order valence-corrected chi connectivity index (χ2v) is 8.58. The maximum absolute atomic E-state index is 12.8. The van der Waals surface area contributed by atoms with Crippen molar-refractivity contribution in [1.29, 1.82) is 0 Å². The molecule has 3 rings (SSSR count). The van der Waals surface area contributed by atoms with Crippen molar-refractivity contribution in [2.45, 2.75) is 27.2 Å². The molecule has 1 aromatic carbocycles. The molecular formula is C23H29N3O3. The van der Waals surface area contributed by atoms with E-state index in [0.29, 0.717) is 44.8 Å². The molecule has 2 amide bonds. The molecule has 2 heterocycles. The topological polar surface area (TPSA) is 62.7 Å². The lowest BCUT2D eigenvalue weighted by Gasteiger charge is -2.35. The molecule has 0 unspecified atom stereocenters. The van der Waals surface area contributed by atoms with Crippen LogP contribution < -0.4 is 4.74 Å². The van der Waals surface area contributed by atoms with Gasteiger partial charge in [0.2, 0.25) is 5.91 Å². The maximum Gasteiger partial charge on any atom is 0.253 e. The summed E-state index contributed by atoms with van der Waals surface area (Å²) in [6, 6.07) is 11.0. The molecule has 6 heteroatoms. The lowest BCUT2D eigenvalue weighted by Crippen LogP contribution is -2.51. The van der Waals surface area contributed by atoms with Crippen molar-refractivity contribution in [1.82, 2.24) is 14.8 Å². The summed E-state index contributed by atoms with van der Waals surface area (Å²) in [5.41, 5.74) is 1.64. The van der Waals surface area contributed by atoms with Crippen molar-refractivity contribution >= 4 is 11.8 Å². The van der Waals surface area contributed by atoms with Gasteiger partial charge in [-0.05, 0) is 41.3 Å². The first-order chi connectivity index (χ1) is 13.8. The normalized spacial score (nSPS) is 14.6. The minimum atomic E-state index is -0.00766. The molecule has 154 valence electrons. The van der Waals surface area contributed by atoms with Gasteiger partial charge in [-0.1, -0.05) is 26.8 Å². The predicted octanol–water partition coefficient (Wildman–Crippen LogP) is 3.03. The Morgan fingerprint density at radius 1 is 1.00 bits per heavy atom. The van der Waals surface area contributed by atoms with Crippen molar-refractivity contribution in [2.24, 2.45) is 5.41 Å². The van der Waals surface area contributed by atoms with Crippen LogP contribution in [-0.2, 0) is 11.2 Å². The number of benzene rings is 1. The fourth-order valence-corrected chi connectivity index (χ4v) is 3.12. The van der Waals surface area contributed by atoms with Gasteiger partial charge in [-0.25, -0.2) is 0 Å². The number of carbonyl (C=O) groups is 2. The Morgan fingerprint density at radius 2 is 1.66 bits per heavy atom. The number of pyridine rings is 1. The SMILES string of the molecule is CC(C)(C)COc1ccc(C(=O)N2CCN(C(=O)Cc3cccnc3)CC2)cc1. The Morgan fingerprint density at radius 3 is 2.24 bits per heavy atom. The molecule has 0 spiro atoms. The van der Waals surface area contributed by atoms with Gasteiger partial charge in [0.05, 0.1) is 13.0 Å². The minimum Gasteiger partial charge on any atom is -0.493 e. The van der Waals surface area contributed by atoms with Gasteiger partial charge in [0, 0.05) is 44.1 Å². The molecule has 1 saturated heterocycles. The summed E-state index contributed by atoms with van der Waals surface area (Å²) in [6.45, 7) is 9.16. The highest BCUT2D eigenvalue weighted by Gasteiger charge is 2.25. The van der Waals surface area contributed by atoms with E-state index in [2.05, 4.69) is 25.8 Å². The second-order valence-electron chi connectivity index (χ2n) is 8.58. The molecule has 0 radical (unpaired) electrons. The lowest BCUT2D eigenvalue weighted by atomic mass is 9.99. The Balaban J connectivity index is 1.50. The van der Waals surface area contributed by atoms with Gasteiger partial charge in [0.15, 0.2) is 0 Å². The molecule has 2 aromatic rings. The number of aromatic nitrogens is 1. The number of piperazine rings is 1. The zero-order valence-electron chi connectivity index (χ0n) is 17.4. The first-order valence-electron chi connectivity index (χ1n) is 10.0. The molecule has 6 nitrogen and oxygen atoms in total. The number of nitrogens with zero attached hydrogens (tertiary/aromatic N) is 3. The molecule has 1 aromatic heterocycles. The summed E-state index contributed by atoms with van der Waals surface area (Å²) in [4.78, 5) is 32.9. The average Bonchev–Trinajstić information content (AvgIpc) is 2.72. The monoisotopic (exact) mass is 395 g/mol. The van der Waals surface area contributed by atoms with E-state index >= 15 is 0 Å². The quantitative estimate of drug-likeness (QED) is 0.781. The van der Waals surface area contributed by atoms with Gasteiger partial charge >= 0.3 is 0 Å². The van der Waals surface area contributed by atoms with Crippen LogP contribution in [-0.4, -0.2) is 59.4 Å². The van der Waals surface area contributed by atoms with Gasteiger partial charge in [0.25, 0.3) is 5.91 Å². The molecule has 0 aliphatic carbocycles. The number of rotatable bonds is 5. The summed E-state index contributed by atoms with van der Waals surface area (Å²) < 4.78 is 5.77. The van der Waals surface area contributed by atoms with E-state index in [0.717, 1.165) is 11.3 Å². The van der Waals surface area contributed by atoms with Gasteiger partial charge in [-0.2, -0.15) is 0 Å². The Kier molecular flexibility index (Phi) is 6.52. The standard InChI is InChI=1S/C23H29N3O3/c1-23(2,3)17-29-20-8-6-19(7-9-20)22(28)26-13-11-25(12-14-26)21(27)15-18-5-4-10-24-16-18/h4-10,16H,11-15,17H2,1-3H3. The number of hydrogen-bond acceptors (Lipinski definition) is 4. The lowest BCUT2D eigenvalue weighted by molar-refractivity contribution is -0.131. The predicted molar refractivity (Wildman–Crippen MR) is 112 cm³/mol. The van der Waals surface area contributed by atoms with Gasteiger partial charge < -0.3 is 14.5 Å². The highest BCUT2D eigenvalue weighted by molar-refractivity contribution is 5.94. The second kappa shape index (κ2) is 9.07. The van der Waals surface area contributed by atoms with Crippen molar-refractivity contribution in [3.05, 3.63) is 59.9 Å². The van der Waals surface area contributed by atoms with E-state index in [9.17, 15) is 9.59 Å². The van der Waals surface area contributed by atoms with Crippen LogP contribution in [0.1, 0.15) is 36.7 Å². The van der Waals surface area contributed by atoms with E-state index in [1.54, 1.807) is 29.4 Å². The van der Waals surface area contributed by atoms with Crippen LogP contribution in [0, 0.1) is 5.41 Å². The van der Waals surface area contributed by atoms with Crippen molar-refractivity contribution in [2.75, 3.05) is 32.8 Å². The van der Waals surface area contributed by atoms with Gasteiger partial charge in [0.1, 0.15) is 5.75 Å². The zero-order chi connectivity index (χ0) is 20.9. The van der Waals surface area contributed by atoms with E-state index in [-0.39, 0.29) is 17.2 Å². The fraction of sp³-hybridized carbons (Fsp3) is 0.435. The molecule has 29 heavy (non-hydrogen) atoms. The largest absolute Gasteiger partial charge is 0.493 e. The van der Waals surface area contributed by atoms with Crippen LogP contribution in [0.15, 0.2) is 48.8 Å². The van der Waals surface area contributed by atoms with Crippen molar-refractivity contribution in [3.8, 4) is 5.75 Å². The fourth-order valence-electron chi connectivity index (χ4n) is 3.12.